The highest BCUT2D eigenvalue weighted by Crippen LogP contribution is 2.18. The maximum absolute atomic E-state index is 12.5. The van der Waals surface area contributed by atoms with Gasteiger partial charge in [0, 0.05) is 24.5 Å². The van der Waals surface area contributed by atoms with Crippen molar-refractivity contribution in [2.24, 2.45) is 0 Å². The largest absolute Gasteiger partial charge is 0.497 e. The lowest BCUT2D eigenvalue weighted by atomic mass is 10.3. The van der Waals surface area contributed by atoms with Crippen LogP contribution in [-0.4, -0.2) is 48.5 Å². The molecule has 140 valence electrons. The molecule has 9 nitrogen and oxygen atoms in total. The summed E-state index contributed by atoms with van der Waals surface area (Å²) in [6.07, 6.45) is 3.35. The van der Waals surface area contributed by atoms with Gasteiger partial charge in [-0.1, -0.05) is 0 Å². The van der Waals surface area contributed by atoms with Gasteiger partial charge in [0.2, 0.25) is 0 Å². The third-order valence-electron chi connectivity index (χ3n) is 3.51. The second kappa shape index (κ2) is 7.58. The van der Waals surface area contributed by atoms with Crippen LogP contribution in [0.5, 0.6) is 5.75 Å². The number of hydrogen-bond donors (Lipinski definition) is 2. The topological polar surface area (TPSA) is 116 Å². The Bertz CT molecular complexity index is 858. The number of nitrogens with zero attached hydrogens (tertiary/aromatic N) is 2. The van der Waals surface area contributed by atoms with E-state index < -0.39 is 27.6 Å². The van der Waals surface area contributed by atoms with E-state index in [-0.39, 0.29) is 10.9 Å². The van der Waals surface area contributed by atoms with Crippen LogP contribution in [0.25, 0.3) is 0 Å². The molecule has 1 aromatic carbocycles. The van der Waals surface area contributed by atoms with Crippen LogP contribution in [0.15, 0.2) is 53.3 Å². The molecule has 0 saturated carbocycles. The monoisotopic (exact) mass is 381 g/mol. The van der Waals surface area contributed by atoms with Crippen LogP contribution in [0.1, 0.15) is 13.8 Å². The normalized spacial score (nSPS) is 15.1. The summed E-state index contributed by atoms with van der Waals surface area (Å²) in [5.74, 6) is -1.55. The first kappa shape index (κ1) is 19.5. The molecule has 1 aliphatic rings. The zero-order valence-electron chi connectivity index (χ0n) is 14.4. The fraction of sp³-hybridized carbons (Fsp3) is 0.250. The number of carbonyl (C=O) groups is 2. The highest BCUT2D eigenvalue weighted by molar-refractivity contribution is 7.89. The number of methoxy groups -OCH3 is 1. The number of nitrogens with one attached hydrogen (secondary N) is 1. The smallest absolute Gasteiger partial charge is 0.354 e. The van der Waals surface area contributed by atoms with Gasteiger partial charge in [0.05, 0.1) is 12.0 Å². The molecule has 2 N–H and O–H groups in total. The molecule has 1 aromatic rings. The summed E-state index contributed by atoms with van der Waals surface area (Å²) in [6.45, 7) is 3.49. The van der Waals surface area contributed by atoms with Crippen molar-refractivity contribution in [3.05, 3.63) is 48.4 Å². The molecule has 0 spiro atoms. The minimum Gasteiger partial charge on any atom is -0.497 e. The molecule has 26 heavy (non-hydrogen) atoms. The number of carbonyl (C=O) groups excluding carboxylic acids is 1. The fourth-order valence-electron chi connectivity index (χ4n) is 2.16. The Labute approximate surface area is 151 Å². The van der Waals surface area contributed by atoms with Crippen LogP contribution in [0.4, 0.5) is 0 Å². The second-order valence-electron chi connectivity index (χ2n) is 5.61. The highest BCUT2D eigenvalue weighted by Gasteiger charge is 2.27. The number of hydrogen-bond acceptors (Lipinski definition) is 6. The zero-order chi connectivity index (χ0) is 19.5. The number of carboxylic acids is 1. The lowest BCUT2D eigenvalue weighted by Crippen LogP contribution is -2.39. The van der Waals surface area contributed by atoms with E-state index in [4.69, 9.17) is 4.74 Å². The minimum atomic E-state index is -4.09. The lowest BCUT2D eigenvalue weighted by molar-refractivity contribution is -0.134. The van der Waals surface area contributed by atoms with Crippen molar-refractivity contribution in [1.82, 2.24) is 14.7 Å². The van der Waals surface area contributed by atoms with Crippen LogP contribution in [-0.2, 0) is 19.6 Å². The van der Waals surface area contributed by atoms with E-state index in [0.717, 1.165) is 11.1 Å². The Kier molecular flexibility index (Phi) is 5.68. The summed E-state index contributed by atoms with van der Waals surface area (Å²) in [5, 5.41) is 10.1. The van der Waals surface area contributed by atoms with Crippen molar-refractivity contribution in [3.8, 4) is 5.75 Å². The van der Waals surface area contributed by atoms with Gasteiger partial charge in [0.25, 0.3) is 15.9 Å². The van der Waals surface area contributed by atoms with Crippen LogP contribution < -0.4 is 9.57 Å². The SMILES string of the molecule is COc1ccc(S(=O)(=O)NN2C=CN(C(C)C)C(=O)C=C2C(=O)O)cc1. The van der Waals surface area contributed by atoms with Gasteiger partial charge in [0.1, 0.15) is 11.4 Å². The number of amides is 1. The maximum atomic E-state index is 12.5. The van der Waals surface area contributed by atoms with Crippen molar-refractivity contribution < 1.29 is 27.9 Å². The molecule has 0 saturated heterocycles. The van der Waals surface area contributed by atoms with Gasteiger partial charge in [-0.3, -0.25) is 9.80 Å². The van der Waals surface area contributed by atoms with E-state index in [1.165, 1.54) is 48.7 Å². The van der Waals surface area contributed by atoms with Crippen LogP contribution >= 0.6 is 0 Å². The molecule has 0 fully saturated rings. The lowest BCUT2D eigenvalue weighted by Gasteiger charge is -2.21. The van der Waals surface area contributed by atoms with Crippen molar-refractivity contribution in [2.45, 2.75) is 24.8 Å². The van der Waals surface area contributed by atoms with Crippen LogP contribution in [0.3, 0.4) is 0 Å². The van der Waals surface area contributed by atoms with E-state index in [2.05, 4.69) is 4.83 Å². The number of ether oxygens (including phenoxy) is 1. The first-order chi connectivity index (χ1) is 12.2. The van der Waals surface area contributed by atoms with Gasteiger partial charge in [0.15, 0.2) is 0 Å². The predicted molar refractivity (Wildman–Crippen MR) is 92.0 cm³/mol. The van der Waals surface area contributed by atoms with E-state index >= 15 is 0 Å². The van der Waals surface area contributed by atoms with Gasteiger partial charge < -0.3 is 14.7 Å². The zero-order valence-corrected chi connectivity index (χ0v) is 15.2. The molecule has 0 unspecified atom stereocenters. The van der Waals surface area contributed by atoms with E-state index in [9.17, 15) is 23.1 Å². The quantitative estimate of drug-likeness (QED) is 0.751. The van der Waals surface area contributed by atoms with Crippen molar-refractivity contribution in [3.63, 3.8) is 0 Å². The Morgan fingerprint density at radius 3 is 2.31 bits per heavy atom. The number of aliphatic carboxylic acids is 1. The van der Waals surface area contributed by atoms with Crippen LogP contribution in [0.2, 0.25) is 0 Å². The maximum Gasteiger partial charge on any atom is 0.354 e. The summed E-state index contributed by atoms with van der Waals surface area (Å²) in [5.41, 5.74) is -0.522. The summed E-state index contributed by atoms with van der Waals surface area (Å²) in [6, 6.07) is 5.33. The number of carboxylic acid groups (broad SMARTS) is 1. The average molecular weight is 381 g/mol. The van der Waals surface area contributed by atoms with Gasteiger partial charge >= 0.3 is 5.97 Å². The van der Waals surface area contributed by atoms with Crippen molar-refractivity contribution in [1.29, 1.82) is 0 Å². The first-order valence-corrected chi connectivity index (χ1v) is 9.05. The fourth-order valence-corrected chi connectivity index (χ4v) is 3.18. The molecule has 0 aliphatic carbocycles. The predicted octanol–water partition coefficient (Wildman–Crippen LogP) is 0.881. The Morgan fingerprint density at radius 1 is 1.19 bits per heavy atom. The van der Waals surface area contributed by atoms with Gasteiger partial charge in [-0.25, -0.2) is 13.2 Å². The molecule has 1 aliphatic heterocycles. The van der Waals surface area contributed by atoms with Gasteiger partial charge in [-0.15, -0.1) is 4.83 Å². The Morgan fingerprint density at radius 2 is 1.81 bits per heavy atom. The molecular weight excluding hydrogens is 362 g/mol. The van der Waals surface area contributed by atoms with Gasteiger partial charge in [-0.05, 0) is 38.1 Å². The third-order valence-corrected chi connectivity index (χ3v) is 4.84. The summed E-state index contributed by atoms with van der Waals surface area (Å²) in [7, 11) is -2.64. The molecule has 10 heteroatoms. The number of benzene rings is 1. The van der Waals surface area contributed by atoms with Gasteiger partial charge in [-0.2, -0.15) is 0 Å². The summed E-state index contributed by atoms with van der Waals surface area (Å²) >= 11 is 0. The number of sulfonamides is 1. The van der Waals surface area contributed by atoms with Crippen molar-refractivity contribution in [2.75, 3.05) is 7.11 Å². The number of hydrazine groups is 1. The molecule has 1 heterocycles. The van der Waals surface area contributed by atoms with E-state index in [1.54, 1.807) is 13.8 Å². The number of rotatable bonds is 6. The standard InChI is InChI=1S/C16H19N3O6S/c1-11(2)18-8-9-19(14(16(21)22)10-15(18)20)17-26(23,24)13-6-4-12(25-3)5-7-13/h4-11,17H,1-3H3,(H,21,22). The molecule has 0 atom stereocenters. The minimum absolute atomic E-state index is 0.0901. The highest BCUT2D eigenvalue weighted by atomic mass is 32.2. The van der Waals surface area contributed by atoms with E-state index in [0.29, 0.717) is 5.75 Å². The molecule has 0 bridgehead atoms. The summed E-state index contributed by atoms with van der Waals surface area (Å²) in [4.78, 5) is 27.0. The average Bonchev–Trinajstić information content (AvgIpc) is 2.74. The third kappa shape index (κ3) is 4.21. The molecule has 1 amide bonds. The van der Waals surface area contributed by atoms with Crippen molar-refractivity contribution >= 4 is 21.9 Å². The first-order valence-electron chi connectivity index (χ1n) is 7.57. The Balaban J connectivity index is 2.37. The molecule has 0 aromatic heterocycles. The van der Waals surface area contributed by atoms with E-state index in [1.807, 2.05) is 0 Å². The molecule has 2 rings (SSSR count). The molecule has 0 radical (unpaired) electrons. The molecular formula is C16H19N3O6S. The second-order valence-corrected chi connectivity index (χ2v) is 7.27. The van der Waals surface area contributed by atoms with Crippen LogP contribution in [0, 0.1) is 0 Å². The Hall–Kier alpha value is -2.85. The summed E-state index contributed by atoms with van der Waals surface area (Å²) < 4.78 is 30.0.